The Bertz CT molecular complexity index is 494. The summed E-state index contributed by atoms with van der Waals surface area (Å²) in [5, 5.41) is 3.14. The van der Waals surface area contributed by atoms with Crippen LogP contribution in [-0.4, -0.2) is 58.2 Å². The number of hydrogen-bond acceptors (Lipinski definition) is 4. The average molecular weight is 278 g/mol. The number of imidazole rings is 1. The molecule has 1 N–H and O–H groups in total. The van der Waals surface area contributed by atoms with Crippen LogP contribution in [0, 0.1) is 6.92 Å². The number of aromatic nitrogens is 2. The third-order valence-electron chi connectivity index (χ3n) is 4.26. The molecule has 1 aromatic rings. The highest BCUT2D eigenvalue weighted by Crippen LogP contribution is 2.23. The Morgan fingerprint density at radius 3 is 3.00 bits per heavy atom. The second-order valence-corrected chi connectivity index (χ2v) is 5.95. The summed E-state index contributed by atoms with van der Waals surface area (Å²) < 4.78 is 7.46. The van der Waals surface area contributed by atoms with E-state index in [1.165, 1.54) is 0 Å². The van der Waals surface area contributed by atoms with Gasteiger partial charge in [0.05, 0.1) is 24.7 Å². The Kier molecular flexibility index (Phi) is 3.52. The standard InChI is InChI=1S/C14H22N4O2/c1-9-5-18-6-11(4-12(18)7-20-9)16-14(19)13-10(2)15-8-17(13)3/h8-9,11-12H,4-7H2,1-3H3,(H,16,19)/t9-,11-,12-/m0/s1. The number of carbonyl (C=O) groups is 1. The predicted molar refractivity (Wildman–Crippen MR) is 74.6 cm³/mol. The molecule has 2 aliphatic heterocycles. The van der Waals surface area contributed by atoms with E-state index in [4.69, 9.17) is 4.74 Å². The molecule has 2 fully saturated rings. The summed E-state index contributed by atoms with van der Waals surface area (Å²) in [6.07, 6.45) is 2.94. The molecule has 0 bridgehead atoms. The lowest BCUT2D eigenvalue weighted by Crippen LogP contribution is -2.45. The first kappa shape index (κ1) is 13.6. The van der Waals surface area contributed by atoms with Crippen LogP contribution in [0.1, 0.15) is 29.5 Å². The molecular weight excluding hydrogens is 256 g/mol. The molecule has 1 aromatic heterocycles. The quantitative estimate of drug-likeness (QED) is 0.846. The highest BCUT2D eigenvalue weighted by Gasteiger charge is 2.37. The topological polar surface area (TPSA) is 59.4 Å². The maximum atomic E-state index is 12.4. The Balaban J connectivity index is 1.63. The second-order valence-electron chi connectivity index (χ2n) is 5.95. The molecule has 2 aliphatic rings. The van der Waals surface area contributed by atoms with Crippen LogP contribution in [0.4, 0.5) is 0 Å². The number of morpholine rings is 1. The number of amides is 1. The molecule has 20 heavy (non-hydrogen) atoms. The zero-order valence-corrected chi connectivity index (χ0v) is 12.3. The Labute approximate surface area is 119 Å². The van der Waals surface area contributed by atoms with Gasteiger partial charge < -0.3 is 14.6 Å². The van der Waals surface area contributed by atoms with Gasteiger partial charge in [-0.3, -0.25) is 9.69 Å². The van der Waals surface area contributed by atoms with Crippen LogP contribution in [0.25, 0.3) is 0 Å². The summed E-state index contributed by atoms with van der Waals surface area (Å²) in [5.74, 6) is -0.0266. The number of nitrogens with zero attached hydrogens (tertiary/aromatic N) is 3. The van der Waals surface area contributed by atoms with E-state index in [1.54, 1.807) is 10.9 Å². The molecule has 110 valence electrons. The van der Waals surface area contributed by atoms with E-state index in [0.717, 1.165) is 31.8 Å². The van der Waals surface area contributed by atoms with Gasteiger partial charge in [0.15, 0.2) is 0 Å². The largest absolute Gasteiger partial charge is 0.376 e. The van der Waals surface area contributed by atoms with E-state index in [2.05, 4.69) is 22.1 Å². The zero-order chi connectivity index (χ0) is 14.3. The summed E-state index contributed by atoms with van der Waals surface area (Å²) in [6.45, 7) is 6.62. The molecule has 0 spiro atoms. The van der Waals surface area contributed by atoms with Gasteiger partial charge >= 0.3 is 0 Å². The van der Waals surface area contributed by atoms with Gasteiger partial charge in [0, 0.05) is 32.2 Å². The van der Waals surface area contributed by atoms with E-state index >= 15 is 0 Å². The van der Waals surface area contributed by atoms with Gasteiger partial charge in [-0.2, -0.15) is 0 Å². The van der Waals surface area contributed by atoms with Gasteiger partial charge in [0.2, 0.25) is 0 Å². The zero-order valence-electron chi connectivity index (χ0n) is 12.3. The van der Waals surface area contributed by atoms with Crippen molar-refractivity contribution in [2.45, 2.75) is 38.5 Å². The van der Waals surface area contributed by atoms with Crippen molar-refractivity contribution in [3.63, 3.8) is 0 Å². The van der Waals surface area contributed by atoms with Crippen LogP contribution in [0.2, 0.25) is 0 Å². The molecule has 3 rings (SSSR count). The minimum absolute atomic E-state index is 0.0266. The van der Waals surface area contributed by atoms with Gasteiger partial charge in [-0.05, 0) is 20.3 Å². The Morgan fingerprint density at radius 2 is 2.30 bits per heavy atom. The molecular formula is C14H22N4O2. The summed E-state index contributed by atoms with van der Waals surface area (Å²) in [5.41, 5.74) is 1.43. The van der Waals surface area contributed by atoms with Crippen LogP contribution >= 0.6 is 0 Å². The Morgan fingerprint density at radius 1 is 1.50 bits per heavy atom. The van der Waals surface area contributed by atoms with Crippen LogP contribution in [-0.2, 0) is 11.8 Å². The average Bonchev–Trinajstić information content (AvgIpc) is 2.92. The number of nitrogens with one attached hydrogen (secondary N) is 1. The lowest BCUT2D eigenvalue weighted by molar-refractivity contribution is -0.0390. The molecule has 6 nitrogen and oxygen atoms in total. The van der Waals surface area contributed by atoms with E-state index in [1.807, 2.05) is 14.0 Å². The van der Waals surface area contributed by atoms with E-state index in [0.29, 0.717) is 17.8 Å². The smallest absolute Gasteiger partial charge is 0.270 e. The molecule has 0 aliphatic carbocycles. The Hall–Kier alpha value is -1.40. The van der Waals surface area contributed by atoms with Gasteiger partial charge in [-0.25, -0.2) is 4.98 Å². The van der Waals surface area contributed by atoms with Crippen molar-refractivity contribution in [2.24, 2.45) is 7.05 Å². The summed E-state index contributed by atoms with van der Waals surface area (Å²) >= 11 is 0. The van der Waals surface area contributed by atoms with E-state index in [9.17, 15) is 4.79 Å². The first-order chi connectivity index (χ1) is 9.54. The monoisotopic (exact) mass is 278 g/mol. The lowest BCUT2D eigenvalue weighted by Gasteiger charge is -2.33. The van der Waals surface area contributed by atoms with Crippen LogP contribution < -0.4 is 5.32 Å². The van der Waals surface area contributed by atoms with Crippen LogP contribution in [0.5, 0.6) is 0 Å². The summed E-state index contributed by atoms with van der Waals surface area (Å²) in [7, 11) is 1.85. The first-order valence-corrected chi connectivity index (χ1v) is 7.19. The summed E-state index contributed by atoms with van der Waals surface area (Å²) in [4.78, 5) is 18.9. The van der Waals surface area contributed by atoms with Crippen molar-refractivity contribution in [3.8, 4) is 0 Å². The number of fused-ring (bicyclic) bond motifs is 1. The first-order valence-electron chi connectivity index (χ1n) is 7.19. The van der Waals surface area contributed by atoms with Gasteiger partial charge in [-0.1, -0.05) is 0 Å². The van der Waals surface area contributed by atoms with E-state index < -0.39 is 0 Å². The fourth-order valence-electron chi connectivity index (χ4n) is 3.27. The lowest BCUT2D eigenvalue weighted by atomic mass is 10.1. The molecule has 0 radical (unpaired) electrons. The SMILES string of the molecule is Cc1ncn(C)c1C(=O)N[C@H]1C[C@H]2CO[C@@H](C)CN2C1. The molecule has 3 atom stereocenters. The third kappa shape index (κ3) is 2.45. The normalized spacial score (nSPS) is 30.2. The van der Waals surface area contributed by atoms with Gasteiger partial charge in [-0.15, -0.1) is 0 Å². The highest BCUT2D eigenvalue weighted by atomic mass is 16.5. The van der Waals surface area contributed by atoms with Crippen molar-refractivity contribution in [2.75, 3.05) is 19.7 Å². The van der Waals surface area contributed by atoms with Crippen LogP contribution in [0.15, 0.2) is 6.33 Å². The number of carbonyl (C=O) groups excluding carboxylic acids is 1. The minimum atomic E-state index is -0.0266. The summed E-state index contributed by atoms with van der Waals surface area (Å²) in [6, 6.07) is 0.653. The third-order valence-corrected chi connectivity index (χ3v) is 4.26. The number of aryl methyl sites for hydroxylation is 2. The number of rotatable bonds is 2. The molecule has 0 saturated carbocycles. The van der Waals surface area contributed by atoms with Gasteiger partial charge in [0.25, 0.3) is 5.91 Å². The fraction of sp³-hybridized carbons (Fsp3) is 0.714. The second kappa shape index (κ2) is 5.18. The van der Waals surface area contributed by atoms with Gasteiger partial charge in [0.1, 0.15) is 5.69 Å². The van der Waals surface area contributed by atoms with Crippen molar-refractivity contribution in [3.05, 3.63) is 17.7 Å². The molecule has 2 saturated heterocycles. The fourth-order valence-corrected chi connectivity index (χ4v) is 3.27. The molecule has 3 heterocycles. The van der Waals surface area contributed by atoms with Crippen molar-refractivity contribution < 1.29 is 9.53 Å². The number of ether oxygens (including phenoxy) is 1. The molecule has 0 unspecified atom stereocenters. The van der Waals surface area contributed by atoms with E-state index in [-0.39, 0.29) is 11.9 Å². The maximum absolute atomic E-state index is 12.4. The van der Waals surface area contributed by atoms with Crippen molar-refractivity contribution >= 4 is 5.91 Å². The molecule has 1 amide bonds. The molecule has 0 aromatic carbocycles. The number of hydrogen-bond donors (Lipinski definition) is 1. The van der Waals surface area contributed by atoms with Crippen molar-refractivity contribution in [1.29, 1.82) is 0 Å². The highest BCUT2D eigenvalue weighted by molar-refractivity contribution is 5.93. The predicted octanol–water partition coefficient (Wildman–Crippen LogP) is 0.320. The van der Waals surface area contributed by atoms with Crippen LogP contribution in [0.3, 0.4) is 0 Å². The minimum Gasteiger partial charge on any atom is -0.376 e. The molecule has 6 heteroatoms. The van der Waals surface area contributed by atoms with Crippen molar-refractivity contribution in [1.82, 2.24) is 19.8 Å². The maximum Gasteiger partial charge on any atom is 0.270 e.